The van der Waals surface area contributed by atoms with Crippen LogP contribution >= 0.6 is 0 Å². The molecule has 2 N–H and O–H groups in total. The summed E-state index contributed by atoms with van der Waals surface area (Å²) in [7, 11) is 5.74. The molecule has 0 amide bonds. The lowest BCUT2D eigenvalue weighted by Crippen LogP contribution is -2.21. The Balaban J connectivity index is 1.94. The number of nitrogens with two attached hydrogens (primary N) is 1. The third-order valence-corrected chi connectivity index (χ3v) is 3.31. The van der Waals surface area contributed by atoms with E-state index in [0.29, 0.717) is 17.8 Å². The fraction of sp³-hybridized carbons (Fsp3) is 0.500. The number of amidine groups is 1. The van der Waals surface area contributed by atoms with Crippen molar-refractivity contribution < 1.29 is 4.74 Å². The van der Waals surface area contributed by atoms with E-state index in [0.717, 1.165) is 30.6 Å². The quantitative estimate of drug-likeness (QED) is 0.295. The molecule has 5 nitrogen and oxygen atoms in total. The zero-order valence-corrected chi connectivity index (χ0v) is 11.7. The molecule has 0 saturated carbocycles. The molecule has 1 aromatic carbocycles. The summed E-state index contributed by atoms with van der Waals surface area (Å²) < 4.78 is 5.55. The third-order valence-electron chi connectivity index (χ3n) is 3.31. The van der Waals surface area contributed by atoms with E-state index >= 15 is 0 Å². The van der Waals surface area contributed by atoms with Crippen molar-refractivity contribution in [2.45, 2.75) is 32.3 Å². The van der Waals surface area contributed by atoms with Crippen molar-refractivity contribution in [3.63, 3.8) is 0 Å². The summed E-state index contributed by atoms with van der Waals surface area (Å²) in [5.41, 5.74) is 8.34. The van der Waals surface area contributed by atoms with Crippen LogP contribution in [-0.2, 0) is 4.74 Å². The summed E-state index contributed by atoms with van der Waals surface area (Å²) in [6.07, 6.45) is 3.52. The molecular weight excluding hydrogens is 251 g/mol. The number of nitrogens with zero attached hydrogens (tertiary/aromatic N) is 3. The molecule has 0 aliphatic carbocycles. The molecule has 0 spiro atoms. The van der Waals surface area contributed by atoms with Crippen LogP contribution in [0.15, 0.2) is 33.6 Å². The maximum absolute atomic E-state index is 5.89. The maximum Gasteiger partial charge on any atom is 0.155 e. The standard InChI is InChI=1S/C14H19BN4O/c1-10-5-6-11(15)8-13(10)14(16)18-19-17-9-12-4-2-3-7-20-12/h5-6,8,12H,2-4,7,9H2,1H3,(H2,16,17,18). The predicted molar refractivity (Wildman–Crippen MR) is 80.6 cm³/mol. The van der Waals surface area contributed by atoms with Crippen molar-refractivity contribution >= 4 is 19.1 Å². The summed E-state index contributed by atoms with van der Waals surface area (Å²) >= 11 is 0. The van der Waals surface area contributed by atoms with E-state index in [4.69, 9.17) is 18.3 Å². The van der Waals surface area contributed by atoms with E-state index in [1.807, 2.05) is 19.1 Å². The van der Waals surface area contributed by atoms with Crippen LogP contribution in [0.25, 0.3) is 0 Å². The average molecular weight is 270 g/mol. The molecule has 20 heavy (non-hydrogen) atoms. The molecule has 1 fully saturated rings. The molecule has 1 aromatic rings. The van der Waals surface area contributed by atoms with Crippen LogP contribution in [0.1, 0.15) is 30.4 Å². The maximum atomic E-state index is 5.89. The lowest BCUT2D eigenvalue weighted by molar-refractivity contribution is 0.0216. The molecule has 1 aliphatic rings. The minimum atomic E-state index is 0.165. The highest BCUT2D eigenvalue weighted by Crippen LogP contribution is 2.12. The summed E-state index contributed by atoms with van der Waals surface area (Å²) in [5.74, 6) is 0.322. The molecule has 6 heteroatoms. The number of aryl methyl sites for hydroxylation is 1. The van der Waals surface area contributed by atoms with E-state index in [9.17, 15) is 0 Å². The Morgan fingerprint density at radius 1 is 1.45 bits per heavy atom. The third kappa shape index (κ3) is 4.16. The zero-order valence-electron chi connectivity index (χ0n) is 11.7. The second-order valence-corrected chi connectivity index (χ2v) is 4.96. The van der Waals surface area contributed by atoms with Crippen molar-refractivity contribution in [2.75, 3.05) is 13.2 Å². The molecular formula is C14H19BN4O. The first kappa shape index (κ1) is 14.7. The van der Waals surface area contributed by atoms with Gasteiger partial charge in [-0.1, -0.05) is 23.7 Å². The number of benzene rings is 1. The number of ether oxygens (including phenoxy) is 1. The second-order valence-electron chi connectivity index (χ2n) is 4.96. The molecule has 104 valence electrons. The Bertz CT molecular complexity index is 510. The van der Waals surface area contributed by atoms with Gasteiger partial charge in [0.15, 0.2) is 5.84 Å². The summed E-state index contributed by atoms with van der Waals surface area (Å²) in [4.78, 5) is 0. The van der Waals surface area contributed by atoms with Gasteiger partial charge in [-0.3, -0.25) is 0 Å². The van der Waals surface area contributed by atoms with E-state index in [1.54, 1.807) is 6.07 Å². The molecule has 0 bridgehead atoms. The smallest absolute Gasteiger partial charge is 0.155 e. The van der Waals surface area contributed by atoms with Gasteiger partial charge in [-0.15, -0.1) is 5.10 Å². The number of rotatable bonds is 4. The van der Waals surface area contributed by atoms with Crippen molar-refractivity contribution in [2.24, 2.45) is 21.2 Å². The van der Waals surface area contributed by atoms with Crippen molar-refractivity contribution in [1.29, 1.82) is 0 Å². The molecule has 1 atom stereocenters. The van der Waals surface area contributed by atoms with Crippen molar-refractivity contribution in [1.82, 2.24) is 0 Å². The summed E-state index contributed by atoms with van der Waals surface area (Å²) in [6.45, 7) is 3.30. The van der Waals surface area contributed by atoms with Crippen LogP contribution in [-0.4, -0.2) is 32.9 Å². The highest BCUT2D eigenvalue weighted by atomic mass is 16.5. The minimum absolute atomic E-state index is 0.165. The van der Waals surface area contributed by atoms with Gasteiger partial charge < -0.3 is 10.5 Å². The first-order valence-corrected chi connectivity index (χ1v) is 6.85. The van der Waals surface area contributed by atoms with Crippen molar-refractivity contribution in [3.05, 3.63) is 29.3 Å². The zero-order chi connectivity index (χ0) is 14.4. The van der Waals surface area contributed by atoms with E-state index < -0.39 is 0 Å². The Kier molecular flexibility index (Phi) is 5.29. The second kappa shape index (κ2) is 7.19. The van der Waals surface area contributed by atoms with Gasteiger partial charge in [0.05, 0.1) is 12.6 Å². The molecule has 2 radical (unpaired) electrons. The first-order valence-electron chi connectivity index (χ1n) is 6.85. The van der Waals surface area contributed by atoms with Gasteiger partial charge in [0.1, 0.15) is 7.85 Å². The highest BCUT2D eigenvalue weighted by Gasteiger charge is 2.12. The first-order chi connectivity index (χ1) is 9.66. The molecule has 1 saturated heterocycles. The van der Waals surface area contributed by atoms with Gasteiger partial charge in [0.25, 0.3) is 0 Å². The molecule has 2 rings (SSSR count). The summed E-state index contributed by atoms with van der Waals surface area (Å²) in [6, 6.07) is 5.52. The van der Waals surface area contributed by atoms with Gasteiger partial charge in [-0.05, 0) is 37.0 Å². The Morgan fingerprint density at radius 3 is 3.05 bits per heavy atom. The van der Waals surface area contributed by atoms with Crippen LogP contribution in [0, 0.1) is 6.92 Å². The Labute approximate surface area is 120 Å². The van der Waals surface area contributed by atoms with Crippen LogP contribution in [0.4, 0.5) is 0 Å². The van der Waals surface area contributed by atoms with Crippen molar-refractivity contribution in [3.8, 4) is 0 Å². The number of hydrogen-bond acceptors (Lipinski definition) is 3. The van der Waals surface area contributed by atoms with Gasteiger partial charge in [-0.25, -0.2) is 0 Å². The van der Waals surface area contributed by atoms with Gasteiger partial charge in [0, 0.05) is 12.2 Å². The Morgan fingerprint density at radius 2 is 2.30 bits per heavy atom. The highest BCUT2D eigenvalue weighted by molar-refractivity contribution is 6.32. The molecule has 1 heterocycles. The van der Waals surface area contributed by atoms with Crippen LogP contribution in [0.2, 0.25) is 0 Å². The van der Waals surface area contributed by atoms with Gasteiger partial charge in [-0.2, -0.15) is 5.11 Å². The normalized spacial score (nSPS) is 20.4. The van der Waals surface area contributed by atoms with E-state index in [-0.39, 0.29) is 6.10 Å². The monoisotopic (exact) mass is 270 g/mol. The molecule has 1 aliphatic heterocycles. The topological polar surface area (TPSA) is 72.3 Å². The summed E-state index contributed by atoms with van der Waals surface area (Å²) in [5, 5.41) is 11.7. The lowest BCUT2D eigenvalue weighted by atomic mass is 9.92. The lowest BCUT2D eigenvalue weighted by Gasteiger charge is -2.19. The minimum Gasteiger partial charge on any atom is -0.382 e. The van der Waals surface area contributed by atoms with Gasteiger partial charge in [0.2, 0.25) is 0 Å². The van der Waals surface area contributed by atoms with Gasteiger partial charge >= 0.3 is 0 Å². The van der Waals surface area contributed by atoms with E-state index in [2.05, 4.69) is 15.4 Å². The van der Waals surface area contributed by atoms with E-state index in [1.165, 1.54) is 6.42 Å². The predicted octanol–water partition coefficient (Wildman–Crippen LogP) is 1.43. The SMILES string of the molecule is [B]c1ccc(C)c(/C(N)=N/N=NCC2CCCCO2)c1. The largest absolute Gasteiger partial charge is 0.382 e. The molecule has 0 aromatic heterocycles. The molecule has 1 unspecified atom stereocenters. The van der Waals surface area contributed by atoms with Crippen LogP contribution in [0.3, 0.4) is 0 Å². The fourth-order valence-corrected chi connectivity index (χ4v) is 2.13. The Hall–Kier alpha value is -1.69. The van der Waals surface area contributed by atoms with Crippen LogP contribution in [0.5, 0.6) is 0 Å². The fourth-order valence-electron chi connectivity index (χ4n) is 2.13. The van der Waals surface area contributed by atoms with Crippen LogP contribution < -0.4 is 11.2 Å². The average Bonchev–Trinajstić information content (AvgIpc) is 2.47. The number of hydrogen-bond donors (Lipinski definition) is 1.